The Kier molecular flexibility index (Phi) is 5.52. The Labute approximate surface area is 111 Å². The van der Waals surface area contributed by atoms with E-state index < -0.39 is 0 Å². The summed E-state index contributed by atoms with van der Waals surface area (Å²) >= 11 is 0. The van der Waals surface area contributed by atoms with E-state index >= 15 is 0 Å². The van der Waals surface area contributed by atoms with Crippen LogP contribution in [0.4, 0.5) is 0 Å². The predicted molar refractivity (Wildman–Crippen MR) is 73.3 cm³/mol. The normalized spacial score (nSPS) is 30.4. The molecule has 2 bridgehead atoms. The largest absolute Gasteiger partial charge is 0.465 e. The smallest absolute Gasteiger partial charge is 0.309 e. The molecule has 0 N–H and O–H groups in total. The molecule has 0 aromatic heterocycles. The highest BCUT2D eigenvalue weighted by Crippen LogP contribution is 2.45. The second-order valence-electron chi connectivity index (χ2n) is 6.20. The van der Waals surface area contributed by atoms with Gasteiger partial charge in [0.25, 0.3) is 0 Å². The molecule has 0 aromatic carbocycles. The SMILES string of the molecule is CCCCCCCOC(=O)C1CC2CCC1CC2. The van der Waals surface area contributed by atoms with Gasteiger partial charge in [-0.1, -0.05) is 45.4 Å². The molecular weight excluding hydrogens is 224 g/mol. The number of unbranched alkanes of at least 4 members (excludes halogenated alkanes) is 4. The third kappa shape index (κ3) is 3.73. The summed E-state index contributed by atoms with van der Waals surface area (Å²) in [6.07, 6.45) is 12.5. The van der Waals surface area contributed by atoms with Crippen LogP contribution in [0.2, 0.25) is 0 Å². The Hall–Kier alpha value is -0.530. The van der Waals surface area contributed by atoms with Crippen molar-refractivity contribution in [2.45, 2.75) is 71.1 Å². The highest BCUT2D eigenvalue weighted by molar-refractivity contribution is 5.73. The van der Waals surface area contributed by atoms with E-state index in [0.717, 1.165) is 18.8 Å². The minimum Gasteiger partial charge on any atom is -0.465 e. The van der Waals surface area contributed by atoms with E-state index in [9.17, 15) is 4.79 Å². The summed E-state index contributed by atoms with van der Waals surface area (Å²) in [7, 11) is 0. The van der Waals surface area contributed by atoms with Gasteiger partial charge in [-0.3, -0.25) is 4.79 Å². The summed E-state index contributed by atoms with van der Waals surface area (Å²) in [5.41, 5.74) is 0. The molecule has 3 rings (SSSR count). The molecule has 0 radical (unpaired) electrons. The number of hydrogen-bond donors (Lipinski definition) is 0. The molecule has 2 nitrogen and oxygen atoms in total. The van der Waals surface area contributed by atoms with Crippen molar-refractivity contribution in [3.8, 4) is 0 Å². The van der Waals surface area contributed by atoms with E-state index in [0.29, 0.717) is 12.5 Å². The van der Waals surface area contributed by atoms with Crippen LogP contribution in [0.15, 0.2) is 0 Å². The first-order chi connectivity index (χ1) is 8.81. The molecule has 3 aliphatic rings. The zero-order chi connectivity index (χ0) is 12.8. The van der Waals surface area contributed by atoms with Gasteiger partial charge in [0.15, 0.2) is 0 Å². The molecule has 104 valence electrons. The lowest BCUT2D eigenvalue weighted by molar-refractivity contribution is -0.154. The highest BCUT2D eigenvalue weighted by atomic mass is 16.5. The zero-order valence-electron chi connectivity index (χ0n) is 11.8. The van der Waals surface area contributed by atoms with Gasteiger partial charge in [-0.15, -0.1) is 0 Å². The standard InChI is InChI=1S/C16H28O2/c1-2-3-4-5-6-11-18-16(17)15-12-13-7-9-14(15)10-8-13/h13-15H,2-12H2,1H3. The fourth-order valence-corrected chi connectivity index (χ4v) is 3.65. The second kappa shape index (κ2) is 7.16. The van der Waals surface area contributed by atoms with Crippen molar-refractivity contribution in [3.63, 3.8) is 0 Å². The van der Waals surface area contributed by atoms with E-state index in [1.54, 1.807) is 0 Å². The van der Waals surface area contributed by atoms with Gasteiger partial charge in [-0.05, 0) is 37.5 Å². The maximum atomic E-state index is 12.1. The Morgan fingerprint density at radius 1 is 1.06 bits per heavy atom. The molecule has 0 heterocycles. The number of rotatable bonds is 7. The van der Waals surface area contributed by atoms with E-state index in [1.807, 2.05) is 0 Å². The van der Waals surface area contributed by atoms with Crippen LogP contribution >= 0.6 is 0 Å². The monoisotopic (exact) mass is 252 g/mol. The summed E-state index contributed by atoms with van der Waals surface area (Å²) in [4.78, 5) is 12.1. The topological polar surface area (TPSA) is 26.3 Å². The average molecular weight is 252 g/mol. The quantitative estimate of drug-likeness (QED) is 0.498. The van der Waals surface area contributed by atoms with Gasteiger partial charge in [0.05, 0.1) is 12.5 Å². The first-order valence-electron chi connectivity index (χ1n) is 7.98. The lowest BCUT2D eigenvalue weighted by Crippen LogP contribution is -2.37. The second-order valence-corrected chi connectivity index (χ2v) is 6.20. The van der Waals surface area contributed by atoms with Gasteiger partial charge in [-0.2, -0.15) is 0 Å². The average Bonchev–Trinajstić information content (AvgIpc) is 2.43. The molecule has 0 saturated heterocycles. The van der Waals surface area contributed by atoms with E-state index in [4.69, 9.17) is 4.74 Å². The number of fused-ring (bicyclic) bond motifs is 3. The van der Waals surface area contributed by atoms with Gasteiger partial charge in [0, 0.05) is 0 Å². The van der Waals surface area contributed by atoms with Crippen molar-refractivity contribution < 1.29 is 9.53 Å². The molecule has 18 heavy (non-hydrogen) atoms. The van der Waals surface area contributed by atoms with Crippen molar-refractivity contribution in [2.24, 2.45) is 17.8 Å². The van der Waals surface area contributed by atoms with Crippen LogP contribution in [0.3, 0.4) is 0 Å². The Bertz CT molecular complexity index is 254. The third-order valence-corrected chi connectivity index (χ3v) is 4.84. The molecular formula is C16H28O2. The Morgan fingerprint density at radius 3 is 2.39 bits per heavy atom. The van der Waals surface area contributed by atoms with Crippen LogP contribution in [0.1, 0.15) is 71.1 Å². The van der Waals surface area contributed by atoms with E-state index in [-0.39, 0.29) is 11.9 Å². The number of hydrogen-bond acceptors (Lipinski definition) is 2. The summed E-state index contributed by atoms with van der Waals surface area (Å²) in [6.45, 7) is 2.87. The number of carbonyl (C=O) groups excluding carboxylic acids is 1. The summed E-state index contributed by atoms with van der Waals surface area (Å²) < 4.78 is 5.48. The van der Waals surface area contributed by atoms with Gasteiger partial charge in [-0.25, -0.2) is 0 Å². The predicted octanol–water partition coefficient (Wildman–Crippen LogP) is 4.33. The molecule has 0 amide bonds. The molecule has 1 atom stereocenters. The zero-order valence-corrected chi connectivity index (χ0v) is 11.8. The minimum atomic E-state index is 0.111. The maximum Gasteiger partial charge on any atom is 0.309 e. The molecule has 2 heteroatoms. The molecule has 3 aliphatic carbocycles. The summed E-state index contributed by atoms with van der Waals surface area (Å²) in [5.74, 6) is 1.81. The van der Waals surface area contributed by atoms with Crippen LogP contribution in [-0.2, 0) is 9.53 Å². The highest BCUT2D eigenvalue weighted by Gasteiger charge is 2.40. The molecule has 1 unspecified atom stereocenters. The van der Waals surface area contributed by atoms with Gasteiger partial charge < -0.3 is 4.74 Å². The lowest BCUT2D eigenvalue weighted by atomic mass is 9.65. The fraction of sp³-hybridized carbons (Fsp3) is 0.938. The summed E-state index contributed by atoms with van der Waals surface area (Å²) in [5, 5.41) is 0. The Balaban J connectivity index is 1.60. The van der Waals surface area contributed by atoms with Gasteiger partial charge >= 0.3 is 5.97 Å². The first-order valence-corrected chi connectivity index (χ1v) is 7.98. The maximum absolute atomic E-state index is 12.1. The van der Waals surface area contributed by atoms with E-state index in [1.165, 1.54) is 51.4 Å². The number of esters is 1. The number of carbonyl (C=O) groups is 1. The molecule has 3 fully saturated rings. The van der Waals surface area contributed by atoms with Crippen LogP contribution in [0, 0.1) is 17.8 Å². The van der Waals surface area contributed by atoms with Crippen LogP contribution in [-0.4, -0.2) is 12.6 Å². The van der Waals surface area contributed by atoms with Crippen molar-refractivity contribution in [2.75, 3.05) is 6.61 Å². The molecule has 0 spiro atoms. The number of ether oxygens (including phenoxy) is 1. The van der Waals surface area contributed by atoms with Crippen molar-refractivity contribution in [1.29, 1.82) is 0 Å². The van der Waals surface area contributed by atoms with Gasteiger partial charge in [0.2, 0.25) is 0 Å². The Morgan fingerprint density at radius 2 is 1.78 bits per heavy atom. The van der Waals surface area contributed by atoms with Crippen molar-refractivity contribution in [1.82, 2.24) is 0 Å². The fourth-order valence-electron chi connectivity index (χ4n) is 3.65. The third-order valence-electron chi connectivity index (χ3n) is 4.84. The van der Waals surface area contributed by atoms with Crippen LogP contribution in [0.25, 0.3) is 0 Å². The van der Waals surface area contributed by atoms with Gasteiger partial charge in [0.1, 0.15) is 0 Å². The molecule has 0 aliphatic heterocycles. The van der Waals surface area contributed by atoms with Crippen LogP contribution < -0.4 is 0 Å². The van der Waals surface area contributed by atoms with Crippen molar-refractivity contribution >= 4 is 5.97 Å². The first kappa shape index (κ1) is 13.9. The lowest BCUT2D eigenvalue weighted by Gasteiger charge is -2.40. The molecule has 0 aromatic rings. The molecule has 3 saturated carbocycles. The minimum absolute atomic E-state index is 0.111. The van der Waals surface area contributed by atoms with Crippen LogP contribution in [0.5, 0.6) is 0 Å². The van der Waals surface area contributed by atoms with Crippen molar-refractivity contribution in [3.05, 3.63) is 0 Å². The summed E-state index contributed by atoms with van der Waals surface area (Å²) in [6, 6.07) is 0. The van der Waals surface area contributed by atoms with E-state index in [2.05, 4.69) is 6.92 Å².